The fraction of sp³-hybridized carbons (Fsp3) is 0.167. The molecule has 1 aromatic carbocycles. The minimum absolute atomic E-state index is 0.0987. The second kappa shape index (κ2) is 4.97. The number of nitrogens with two attached hydrogens (primary N) is 1. The number of hydrogen-bond acceptors (Lipinski definition) is 4. The van der Waals surface area contributed by atoms with Crippen LogP contribution >= 0.6 is 11.3 Å². The van der Waals surface area contributed by atoms with Gasteiger partial charge in [-0.1, -0.05) is 12.1 Å². The second-order valence-electron chi connectivity index (χ2n) is 3.73. The van der Waals surface area contributed by atoms with E-state index in [0.29, 0.717) is 5.13 Å². The molecule has 0 fully saturated rings. The van der Waals surface area contributed by atoms with Gasteiger partial charge in [-0.15, -0.1) is 11.3 Å². The Hall–Kier alpha value is -1.88. The van der Waals surface area contributed by atoms with Crippen molar-refractivity contribution in [3.05, 3.63) is 40.9 Å². The summed E-state index contributed by atoms with van der Waals surface area (Å²) in [5.41, 5.74) is 7.56. The highest BCUT2D eigenvalue weighted by Gasteiger charge is 2.04. The summed E-state index contributed by atoms with van der Waals surface area (Å²) in [6.07, 6.45) is 2.59. The molecular formula is C12H13N3OS. The molecule has 0 unspecified atom stereocenters. The molecule has 88 valence electrons. The minimum Gasteiger partial charge on any atom is -0.399 e. The number of nitrogens with one attached hydrogen (secondary N) is 1. The highest BCUT2D eigenvalue weighted by molar-refractivity contribution is 7.15. The highest BCUT2D eigenvalue weighted by atomic mass is 32.1. The molecule has 1 aromatic heterocycles. The summed E-state index contributed by atoms with van der Waals surface area (Å²) >= 11 is 1.49. The predicted molar refractivity (Wildman–Crippen MR) is 70.1 cm³/mol. The van der Waals surface area contributed by atoms with Crippen molar-refractivity contribution in [1.29, 1.82) is 0 Å². The Labute approximate surface area is 103 Å². The van der Waals surface area contributed by atoms with Gasteiger partial charge in [0.15, 0.2) is 5.13 Å². The molecule has 0 atom stereocenters. The fourth-order valence-corrected chi connectivity index (χ4v) is 2.33. The van der Waals surface area contributed by atoms with E-state index in [0.717, 1.165) is 17.0 Å². The smallest absolute Gasteiger partial charge is 0.223 e. The molecular weight excluding hydrogens is 234 g/mol. The van der Waals surface area contributed by atoms with Gasteiger partial charge in [0.25, 0.3) is 0 Å². The van der Waals surface area contributed by atoms with Crippen LogP contribution in [-0.2, 0) is 11.2 Å². The molecule has 2 rings (SSSR count). The van der Waals surface area contributed by atoms with Crippen LogP contribution < -0.4 is 11.1 Å². The molecule has 0 aliphatic heterocycles. The normalized spacial score (nSPS) is 10.2. The number of carbonyl (C=O) groups is 1. The first kappa shape index (κ1) is 11.6. The maximum absolute atomic E-state index is 10.9. The quantitative estimate of drug-likeness (QED) is 0.817. The number of nitrogen functional groups attached to an aromatic ring is 1. The van der Waals surface area contributed by atoms with E-state index in [9.17, 15) is 4.79 Å². The summed E-state index contributed by atoms with van der Waals surface area (Å²) in [5.74, 6) is -0.0987. The van der Waals surface area contributed by atoms with Crippen molar-refractivity contribution in [2.75, 3.05) is 11.1 Å². The first-order valence-corrected chi connectivity index (χ1v) is 6.02. The van der Waals surface area contributed by atoms with E-state index in [4.69, 9.17) is 5.73 Å². The number of amides is 1. The van der Waals surface area contributed by atoms with Gasteiger partial charge in [0.1, 0.15) is 0 Å². The minimum atomic E-state index is -0.0987. The van der Waals surface area contributed by atoms with E-state index in [1.54, 1.807) is 6.20 Å². The number of hydrogen-bond donors (Lipinski definition) is 2. The Balaban J connectivity index is 2.06. The van der Waals surface area contributed by atoms with Gasteiger partial charge >= 0.3 is 0 Å². The number of rotatable bonds is 3. The zero-order valence-electron chi connectivity index (χ0n) is 9.43. The molecule has 1 heterocycles. The average molecular weight is 247 g/mol. The van der Waals surface area contributed by atoms with E-state index >= 15 is 0 Å². The summed E-state index contributed by atoms with van der Waals surface area (Å²) in [6, 6.07) is 7.75. The summed E-state index contributed by atoms with van der Waals surface area (Å²) < 4.78 is 0. The fourth-order valence-electron chi connectivity index (χ4n) is 1.43. The Morgan fingerprint density at radius 2 is 2.12 bits per heavy atom. The number of nitrogens with zero attached hydrogens (tertiary/aromatic N) is 1. The summed E-state index contributed by atoms with van der Waals surface area (Å²) in [4.78, 5) is 16.1. The Morgan fingerprint density at radius 1 is 1.41 bits per heavy atom. The van der Waals surface area contributed by atoms with Gasteiger partial charge in [-0.3, -0.25) is 4.79 Å². The molecule has 0 bridgehead atoms. The number of anilines is 2. The van der Waals surface area contributed by atoms with Crippen LogP contribution in [0.1, 0.15) is 17.4 Å². The number of carbonyl (C=O) groups excluding carboxylic acids is 1. The lowest BCUT2D eigenvalue weighted by atomic mass is 10.1. The lowest BCUT2D eigenvalue weighted by Gasteiger charge is -1.98. The van der Waals surface area contributed by atoms with Crippen molar-refractivity contribution in [3.8, 4) is 0 Å². The van der Waals surface area contributed by atoms with Crippen LogP contribution in [0.5, 0.6) is 0 Å². The largest absolute Gasteiger partial charge is 0.399 e. The molecule has 0 radical (unpaired) electrons. The molecule has 5 heteroatoms. The van der Waals surface area contributed by atoms with Crippen LogP contribution in [0.15, 0.2) is 30.5 Å². The summed E-state index contributed by atoms with van der Waals surface area (Å²) in [6.45, 7) is 1.47. The van der Waals surface area contributed by atoms with Gasteiger partial charge in [0.2, 0.25) is 5.91 Å². The van der Waals surface area contributed by atoms with Gasteiger partial charge in [0, 0.05) is 30.1 Å². The first-order valence-electron chi connectivity index (χ1n) is 5.20. The van der Waals surface area contributed by atoms with Crippen LogP contribution in [0, 0.1) is 0 Å². The number of benzene rings is 1. The van der Waals surface area contributed by atoms with E-state index in [1.165, 1.54) is 23.8 Å². The van der Waals surface area contributed by atoms with Crippen molar-refractivity contribution < 1.29 is 4.79 Å². The van der Waals surface area contributed by atoms with Crippen molar-refractivity contribution in [1.82, 2.24) is 4.98 Å². The molecule has 0 saturated carbocycles. The van der Waals surface area contributed by atoms with E-state index in [2.05, 4.69) is 10.3 Å². The average Bonchev–Trinajstić information content (AvgIpc) is 2.68. The maximum Gasteiger partial charge on any atom is 0.223 e. The second-order valence-corrected chi connectivity index (χ2v) is 4.85. The lowest BCUT2D eigenvalue weighted by molar-refractivity contribution is -0.114. The van der Waals surface area contributed by atoms with Crippen molar-refractivity contribution in [2.24, 2.45) is 0 Å². The zero-order valence-corrected chi connectivity index (χ0v) is 10.3. The summed E-state index contributed by atoms with van der Waals surface area (Å²) in [5, 5.41) is 3.31. The molecule has 2 aromatic rings. The van der Waals surface area contributed by atoms with Crippen LogP contribution in [0.3, 0.4) is 0 Å². The van der Waals surface area contributed by atoms with Gasteiger partial charge in [0.05, 0.1) is 0 Å². The van der Waals surface area contributed by atoms with E-state index < -0.39 is 0 Å². The maximum atomic E-state index is 10.9. The molecule has 0 aliphatic rings. The molecule has 0 spiro atoms. The van der Waals surface area contributed by atoms with E-state index in [1.807, 2.05) is 24.3 Å². The van der Waals surface area contributed by atoms with E-state index in [-0.39, 0.29) is 5.91 Å². The standard InChI is InChI=1S/C12H13N3OS/c1-8(16)15-12-14-7-11(17-12)6-9-2-4-10(13)5-3-9/h2-5,7H,6,13H2,1H3,(H,14,15,16). The van der Waals surface area contributed by atoms with Crippen molar-refractivity contribution in [3.63, 3.8) is 0 Å². The molecule has 4 nitrogen and oxygen atoms in total. The van der Waals surface area contributed by atoms with Gasteiger partial charge in [-0.05, 0) is 17.7 Å². The third-order valence-corrected chi connectivity index (χ3v) is 3.11. The number of thiazole rings is 1. The lowest BCUT2D eigenvalue weighted by Crippen LogP contribution is -2.04. The SMILES string of the molecule is CC(=O)Nc1ncc(Cc2ccc(N)cc2)s1. The molecule has 1 amide bonds. The Kier molecular flexibility index (Phi) is 3.39. The Bertz CT molecular complexity index is 519. The van der Waals surface area contributed by atoms with Gasteiger partial charge in [-0.25, -0.2) is 4.98 Å². The van der Waals surface area contributed by atoms with Crippen molar-refractivity contribution >= 4 is 28.1 Å². The molecule has 17 heavy (non-hydrogen) atoms. The molecule has 0 saturated heterocycles. The van der Waals surface area contributed by atoms with Gasteiger partial charge in [-0.2, -0.15) is 0 Å². The van der Waals surface area contributed by atoms with Crippen LogP contribution in [0.25, 0.3) is 0 Å². The van der Waals surface area contributed by atoms with Crippen LogP contribution in [0.2, 0.25) is 0 Å². The number of aromatic nitrogens is 1. The predicted octanol–water partition coefficient (Wildman–Crippen LogP) is 2.27. The van der Waals surface area contributed by atoms with Gasteiger partial charge < -0.3 is 11.1 Å². The highest BCUT2D eigenvalue weighted by Crippen LogP contribution is 2.21. The monoisotopic (exact) mass is 247 g/mol. The Morgan fingerprint density at radius 3 is 2.76 bits per heavy atom. The molecule has 3 N–H and O–H groups in total. The third-order valence-electron chi connectivity index (χ3n) is 2.19. The topological polar surface area (TPSA) is 68.0 Å². The van der Waals surface area contributed by atoms with Crippen LogP contribution in [0.4, 0.5) is 10.8 Å². The molecule has 0 aliphatic carbocycles. The third kappa shape index (κ3) is 3.29. The zero-order chi connectivity index (χ0) is 12.3. The first-order chi connectivity index (χ1) is 8.13. The van der Waals surface area contributed by atoms with Crippen molar-refractivity contribution in [2.45, 2.75) is 13.3 Å². The van der Waals surface area contributed by atoms with Crippen LogP contribution in [-0.4, -0.2) is 10.9 Å². The summed E-state index contributed by atoms with van der Waals surface area (Å²) in [7, 11) is 0.